The summed E-state index contributed by atoms with van der Waals surface area (Å²) in [6.45, 7) is 0. The molecule has 4 heteroatoms. The number of rotatable bonds is 5. The number of nitrogens with one attached hydrogen (secondary N) is 1. The normalized spacial score (nSPS) is 31.9. The molecule has 2 amide bonds. The van der Waals surface area contributed by atoms with Crippen LogP contribution in [0, 0.1) is 11.8 Å². The number of carbonyl (C=O) groups excluding carboxylic acids is 2. The lowest BCUT2D eigenvalue weighted by molar-refractivity contribution is -0.141. The molecule has 1 saturated heterocycles. The van der Waals surface area contributed by atoms with Gasteiger partial charge in [0, 0.05) is 12.1 Å². The summed E-state index contributed by atoms with van der Waals surface area (Å²) in [6.07, 6.45) is 9.94. The van der Waals surface area contributed by atoms with Crippen LogP contribution in [0.4, 0.5) is 0 Å². The second kappa shape index (κ2) is 4.83. The Balaban J connectivity index is 1.43. The molecule has 0 bridgehead atoms. The van der Waals surface area contributed by atoms with Crippen LogP contribution in [0.5, 0.6) is 0 Å². The zero-order valence-electron chi connectivity index (χ0n) is 12.0. The number of amides is 2. The average molecular weight is 276 g/mol. The molecule has 4 fully saturated rings. The highest BCUT2D eigenvalue weighted by Gasteiger charge is 2.47. The first-order chi connectivity index (χ1) is 9.74. The molecule has 3 aliphatic carbocycles. The molecule has 0 radical (unpaired) electrons. The lowest BCUT2D eigenvalue weighted by Crippen LogP contribution is -2.47. The molecule has 1 N–H and O–H groups in total. The van der Waals surface area contributed by atoms with Gasteiger partial charge in [0.2, 0.25) is 11.8 Å². The van der Waals surface area contributed by atoms with Crippen molar-refractivity contribution < 1.29 is 9.59 Å². The van der Waals surface area contributed by atoms with Crippen molar-refractivity contribution in [2.75, 3.05) is 0 Å². The van der Waals surface area contributed by atoms with E-state index in [4.69, 9.17) is 0 Å². The standard InChI is InChI=1S/C16H24N2O2/c19-14-9-13(16(20)18(14)12-3-1-2-4-12)17-15(10-5-6-10)11-7-8-11/h10-13,15,17H,1-9H2. The predicted octanol–water partition coefficient (Wildman–Crippen LogP) is 1.83. The maximum Gasteiger partial charge on any atom is 0.247 e. The zero-order chi connectivity index (χ0) is 13.7. The lowest BCUT2D eigenvalue weighted by atomic mass is 10.1. The summed E-state index contributed by atoms with van der Waals surface area (Å²) in [5, 5.41) is 3.56. The zero-order valence-corrected chi connectivity index (χ0v) is 12.0. The minimum Gasteiger partial charge on any atom is -0.302 e. The molecule has 0 spiro atoms. The monoisotopic (exact) mass is 276 g/mol. The van der Waals surface area contributed by atoms with E-state index in [9.17, 15) is 9.59 Å². The molecule has 1 atom stereocenters. The Labute approximate surface area is 120 Å². The molecular formula is C16H24N2O2. The fraction of sp³-hybridized carbons (Fsp3) is 0.875. The minimum absolute atomic E-state index is 0.0599. The third kappa shape index (κ3) is 2.28. The van der Waals surface area contributed by atoms with E-state index in [0.717, 1.165) is 37.5 Å². The Morgan fingerprint density at radius 2 is 1.55 bits per heavy atom. The lowest BCUT2D eigenvalue weighted by Gasteiger charge is -2.24. The molecule has 0 aromatic carbocycles. The molecule has 20 heavy (non-hydrogen) atoms. The van der Waals surface area contributed by atoms with E-state index in [-0.39, 0.29) is 23.9 Å². The van der Waals surface area contributed by atoms with Crippen LogP contribution < -0.4 is 5.32 Å². The van der Waals surface area contributed by atoms with Crippen molar-refractivity contribution >= 4 is 11.8 Å². The quantitative estimate of drug-likeness (QED) is 0.779. The highest BCUT2D eigenvalue weighted by atomic mass is 16.2. The first-order valence-electron chi connectivity index (χ1n) is 8.36. The van der Waals surface area contributed by atoms with Crippen LogP contribution in [0.3, 0.4) is 0 Å². The number of imide groups is 1. The Hall–Kier alpha value is -0.900. The second-order valence-electron chi connectivity index (χ2n) is 7.16. The SMILES string of the molecule is O=C1CC(NC(C2CC2)C2CC2)C(=O)N1C1CCCC1. The maximum atomic E-state index is 12.6. The van der Waals surface area contributed by atoms with Gasteiger partial charge in [-0.05, 0) is 50.4 Å². The summed E-state index contributed by atoms with van der Waals surface area (Å²) in [5.74, 6) is 1.66. The molecule has 4 nitrogen and oxygen atoms in total. The van der Waals surface area contributed by atoms with E-state index in [2.05, 4.69) is 5.32 Å². The summed E-state index contributed by atoms with van der Waals surface area (Å²) in [5.41, 5.74) is 0. The molecule has 3 saturated carbocycles. The Bertz CT molecular complexity index is 410. The Morgan fingerprint density at radius 3 is 2.10 bits per heavy atom. The topological polar surface area (TPSA) is 49.4 Å². The van der Waals surface area contributed by atoms with Crippen LogP contribution >= 0.6 is 0 Å². The van der Waals surface area contributed by atoms with Gasteiger partial charge in [-0.1, -0.05) is 12.8 Å². The van der Waals surface area contributed by atoms with Crippen molar-refractivity contribution in [1.29, 1.82) is 0 Å². The fourth-order valence-corrected chi connectivity index (χ4v) is 4.13. The highest BCUT2D eigenvalue weighted by molar-refractivity contribution is 6.05. The van der Waals surface area contributed by atoms with Crippen LogP contribution in [0.2, 0.25) is 0 Å². The van der Waals surface area contributed by atoms with Gasteiger partial charge in [0.15, 0.2) is 0 Å². The van der Waals surface area contributed by atoms with E-state index in [1.54, 1.807) is 4.90 Å². The van der Waals surface area contributed by atoms with E-state index < -0.39 is 0 Å². The van der Waals surface area contributed by atoms with Crippen molar-refractivity contribution in [1.82, 2.24) is 10.2 Å². The third-order valence-electron chi connectivity index (χ3n) is 5.53. The molecule has 4 rings (SSSR count). The largest absolute Gasteiger partial charge is 0.302 e. The van der Waals surface area contributed by atoms with Crippen LogP contribution in [0.15, 0.2) is 0 Å². The number of hydrogen-bond donors (Lipinski definition) is 1. The van der Waals surface area contributed by atoms with Crippen molar-refractivity contribution in [3.8, 4) is 0 Å². The summed E-state index contributed by atoms with van der Waals surface area (Å²) >= 11 is 0. The van der Waals surface area contributed by atoms with Gasteiger partial charge in [-0.15, -0.1) is 0 Å². The number of carbonyl (C=O) groups is 2. The summed E-state index contributed by atoms with van der Waals surface area (Å²) < 4.78 is 0. The van der Waals surface area contributed by atoms with Crippen LogP contribution in [0.1, 0.15) is 57.8 Å². The van der Waals surface area contributed by atoms with Crippen molar-refractivity contribution in [3.63, 3.8) is 0 Å². The average Bonchev–Trinajstić information content (AvgIpc) is 3.35. The van der Waals surface area contributed by atoms with E-state index >= 15 is 0 Å². The molecule has 110 valence electrons. The molecule has 0 aromatic heterocycles. The first kappa shape index (κ1) is 12.8. The second-order valence-corrected chi connectivity index (χ2v) is 7.16. The van der Waals surface area contributed by atoms with Gasteiger partial charge in [0.05, 0.1) is 12.5 Å². The smallest absolute Gasteiger partial charge is 0.247 e. The van der Waals surface area contributed by atoms with Crippen molar-refractivity contribution in [3.05, 3.63) is 0 Å². The third-order valence-corrected chi connectivity index (χ3v) is 5.53. The summed E-state index contributed by atoms with van der Waals surface area (Å²) in [4.78, 5) is 26.4. The van der Waals surface area contributed by atoms with Gasteiger partial charge >= 0.3 is 0 Å². The first-order valence-corrected chi connectivity index (χ1v) is 8.36. The Morgan fingerprint density at radius 1 is 0.950 bits per heavy atom. The van der Waals surface area contributed by atoms with E-state index in [1.165, 1.54) is 25.7 Å². The minimum atomic E-state index is -0.228. The summed E-state index contributed by atoms with van der Waals surface area (Å²) in [6, 6.07) is 0.469. The number of likely N-dealkylation sites (tertiary alicyclic amines) is 1. The highest BCUT2D eigenvalue weighted by Crippen LogP contribution is 2.45. The molecular weight excluding hydrogens is 252 g/mol. The van der Waals surface area contributed by atoms with Crippen LogP contribution in [-0.2, 0) is 9.59 Å². The van der Waals surface area contributed by atoms with Gasteiger partial charge in [0.1, 0.15) is 0 Å². The molecule has 1 unspecified atom stereocenters. The van der Waals surface area contributed by atoms with Gasteiger partial charge in [-0.2, -0.15) is 0 Å². The van der Waals surface area contributed by atoms with Crippen molar-refractivity contribution in [2.24, 2.45) is 11.8 Å². The van der Waals surface area contributed by atoms with Gasteiger partial charge in [-0.25, -0.2) is 0 Å². The maximum absolute atomic E-state index is 12.6. The molecule has 1 heterocycles. The van der Waals surface area contributed by atoms with Crippen molar-refractivity contribution in [2.45, 2.75) is 75.9 Å². The Kier molecular flexibility index (Phi) is 3.09. The number of hydrogen-bond acceptors (Lipinski definition) is 3. The number of nitrogens with zero attached hydrogens (tertiary/aromatic N) is 1. The van der Waals surface area contributed by atoms with Crippen LogP contribution in [0.25, 0.3) is 0 Å². The van der Waals surface area contributed by atoms with Crippen LogP contribution in [-0.4, -0.2) is 34.8 Å². The van der Waals surface area contributed by atoms with E-state index in [1.807, 2.05) is 0 Å². The van der Waals surface area contributed by atoms with Gasteiger partial charge in [-0.3, -0.25) is 14.5 Å². The van der Waals surface area contributed by atoms with Gasteiger partial charge < -0.3 is 5.32 Å². The predicted molar refractivity (Wildman–Crippen MR) is 74.9 cm³/mol. The summed E-state index contributed by atoms with van der Waals surface area (Å²) in [7, 11) is 0. The fourth-order valence-electron chi connectivity index (χ4n) is 4.13. The van der Waals surface area contributed by atoms with Gasteiger partial charge in [0.25, 0.3) is 0 Å². The molecule has 0 aromatic rings. The molecule has 4 aliphatic rings. The molecule has 1 aliphatic heterocycles. The van der Waals surface area contributed by atoms with E-state index in [0.29, 0.717) is 12.5 Å².